The van der Waals surface area contributed by atoms with Gasteiger partial charge in [0, 0.05) is 12.6 Å². The summed E-state index contributed by atoms with van der Waals surface area (Å²) in [5.41, 5.74) is 2.58. The Kier molecular flexibility index (Phi) is 4.69. The second kappa shape index (κ2) is 7.31. The summed E-state index contributed by atoms with van der Waals surface area (Å²) in [6.45, 7) is 4.99. The Bertz CT molecular complexity index is 1150. The van der Waals surface area contributed by atoms with Crippen molar-refractivity contribution in [2.75, 3.05) is 0 Å². The highest BCUT2D eigenvalue weighted by Gasteiger charge is 2.20. The first-order valence-electron chi connectivity index (χ1n) is 9.27. The van der Waals surface area contributed by atoms with E-state index in [4.69, 9.17) is 4.74 Å². The zero-order chi connectivity index (χ0) is 19.7. The van der Waals surface area contributed by atoms with Gasteiger partial charge in [-0.2, -0.15) is 4.73 Å². The third kappa shape index (κ3) is 3.29. The van der Waals surface area contributed by atoms with Gasteiger partial charge in [-0.3, -0.25) is 0 Å². The molecule has 0 bridgehead atoms. The molecule has 4 rings (SSSR count). The molecule has 2 aromatic heterocycles. The highest BCUT2D eigenvalue weighted by Crippen LogP contribution is 2.25. The molecule has 0 aliphatic carbocycles. The molecule has 0 radical (unpaired) electrons. The van der Waals surface area contributed by atoms with E-state index in [0.717, 1.165) is 15.6 Å². The van der Waals surface area contributed by atoms with Gasteiger partial charge in [0.25, 0.3) is 0 Å². The smallest absolute Gasteiger partial charge is 0.338 e. The van der Waals surface area contributed by atoms with Crippen molar-refractivity contribution < 1.29 is 14.3 Å². The molecule has 28 heavy (non-hydrogen) atoms. The second-order valence-corrected chi connectivity index (χ2v) is 7.18. The average Bonchev–Trinajstić information content (AvgIpc) is 3.03. The van der Waals surface area contributed by atoms with Crippen LogP contribution >= 0.6 is 0 Å². The van der Waals surface area contributed by atoms with Crippen LogP contribution in [0.25, 0.3) is 21.9 Å². The Morgan fingerprint density at radius 3 is 2.61 bits per heavy atom. The van der Waals surface area contributed by atoms with Crippen LogP contribution in [0.15, 0.2) is 60.8 Å². The van der Waals surface area contributed by atoms with Crippen molar-refractivity contribution in [2.45, 2.75) is 27.0 Å². The summed E-state index contributed by atoms with van der Waals surface area (Å²) in [6, 6.07) is 16.3. The number of imidazole rings is 1. The molecule has 2 aromatic carbocycles. The topological polar surface area (TPSA) is 71.1 Å². The van der Waals surface area contributed by atoms with E-state index in [9.17, 15) is 10.0 Å². The number of rotatable bonds is 5. The van der Waals surface area contributed by atoms with E-state index in [-0.39, 0.29) is 6.61 Å². The molecular weight excluding hydrogens is 354 g/mol. The summed E-state index contributed by atoms with van der Waals surface area (Å²) in [4.78, 5) is 16.9. The lowest BCUT2D eigenvalue weighted by atomic mass is 10.1. The Morgan fingerprint density at radius 2 is 1.86 bits per heavy atom. The maximum atomic E-state index is 12.4. The minimum absolute atomic E-state index is 0.0440. The van der Waals surface area contributed by atoms with Gasteiger partial charge in [0.15, 0.2) is 5.52 Å². The van der Waals surface area contributed by atoms with Crippen LogP contribution in [-0.2, 0) is 17.9 Å². The van der Waals surface area contributed by atoms with Crippen LogP contribution in [0, 0.1) is 11.1 Å². The molecule has 0 unspecified atom stereocenters. The lowest BCUT2D eigenvalue weighted by Gasteiger charge is -2.13. The summed E-state index contributed by atoms with van der Waals surface area (Å²) in [5.74, 6) is 0.594. The summed E-state index contributed by atoms with van der Waals surface area (Å²) >= 11 is 0. The molecular formula is C22H21N3O3. The van der Waals surface area contributed by atoms with Gasteiger partial charge in [-0.25, -0.2) is 9.78 Å². The molecule has 0 aliphatic heterocycles. The van der Waals surface area contributed by atoms with Crippen molar-refractivity contribution in [3.63, 3.8) is 0 Å². The number of pyridine rings is 1. The molecule has 0 fully saturated rings. The van der Waals surface area contributed by atoms with Crippen LogP contribution in [0.3, 0.4) is 0 Å². The number of carbonyl (C=O) groups excluding carboxylic acids is 1. The van der Waals surface area contributed by atoms with E-state index < -0.39 is 5.97 Å². The standard InChI is InChI=1S/C22H21N3O3/c1-15(2)12-24-20(14-28-22(26)16-8-4-3-5-9-16)23-18-13-25(27)19-11-7-6-10-17(19)21(18)24/h3-11,13,15H,12,14H2,1-2H3. The SMILES string of the molecule is CC(C)Cn1c(COC(=O)c2ccccc2)nc2c[n+]([O-])c3ccccc3c21. The lowest BCUT2D eigenvalue weighted by Crippen LogP contribution is -2.26. The maximum absolute atomic E-state index is 12.4. The van der Waals surface area contributed by atoms with Crippen molar-refractivity contribution in [2.24, 2.45) is 5.92 Å². The van der Waals surface area contributed by atoms with Gasteiger partial charge in [0.1, 0.15) is 12.4 Å². The van der Waals surface area contributed by atoms with Crippen molar-refractivity contribution in [3.8, 4) is 0 Å². The number of nitrogens with zero attached hydrogens (tertiary/aromatic N) is 3. The molecule has 0 N–H and O–H groups in total. The fourth-order valence-electron chi connectivity index (χ4n) is 3.40. The summed E-state index contributed by atoms with van der Waals surface area (Å²) in [6.07, 6.45) is 1.48. The summed E-state index contributed by atoms with van der Waals surface area (Å²) < 4.78 is 8.39. The van der Waals surface area contributed by atoms with E-state index in [0.29, 0.717) is 34.9 Å². The number of para-hydroxylation sites is 1. The van der Waals surface area contributed by atoms with Crippen LogP contribution < -0.4 is 4.73 Å². The third-order valence-electron chi connectivity index (χ3n) is 4.60. The maximum Gasteiger partial charge on any atom is 0.338 e. The van der Waals surface area contributed by atoms with Crippen molar-refractivity contribution in [1.82, 2.24) is 9.55 Å². The number of hydrogen-bond donors (Lipinski definition) is 0. The van der Waals surface area contributed by atoms with Crippen LogP contribution in [0.5, 0.6) is 0 Å². The monoisotopic (exact) mass is 375 g/mol. The molecule has 4 aromatic rings. The fourth-order valence-corrected chi connectivity index (χ4v) is 3.40. The molecule has 0 amide bonds. The second-order valence-electron chi connectivity index (χ2n) is 7.18. The highest BCUT2D eigenvalue weighted by molar-refractivity contribution is 6.00. The summed E-state index contributed by atoms with van der Waals surface area (Å²) in [5, 5.41) is 13.2. The number of aromatic nitrogens is 3. The van der Waals surface area contributed by atoms with Crippen LogP contribution in [0.4, 0.5) is 0 Å². The van der Waals surface area contributed by atoms with Crippen LogP contribution in [0.2, 0.25) is 0 Å². The lowest BCUT2D eigenvalue weighted by molar-refractivity contribution is -0.575. The number of fused-ring (bicyclic) bond motifs is 3. The zero-order valence-corrected chi connectivity index (χ0v) is 15.8. The van der Waals surface area contributed by atoms with Gasteiger partial charge in [0.05, 0.1) is 16.5 Å². The molecule has 0 spiro atoms. The van der Waals surface area contributed by atoms with Gasteiger partial charge in [-0.1, -0.05) is 44.2 Å². The first kappa shape index (κ1) is 18.0. The highest BCUT2D eigenvalue weighted by atomic mass is 16.5. The molecule has 142 valence electrons. The first-order valence-corrected chi connectivity index (χ1v) is 9.27. The zero-order valence-electron chi connectivity index (χ0n) is 15.8. The molecule has 0 saturated heterocycles. The average molecular weight is 375 g/mol. The van der Waals surface area contributed by atoms with Crippen molar-refractivity contribution in [3.05, 3.63) is 77.4 Å². The van der Waals surface area contributed by atoms with E-state index >= 15 is 0 Å². The van der Waals surface area contributed by atoms with E-state index in [2.05, 4.69) is 23.4 Å². The summed E-state index contributed by atoms with van der Waals surface area (Å²) in [7, 11) is 0. The Morgan fingerprint density at radius 1 is 1.14 bits per heavy atom. The number of ether oxygens (including phenoxy) is 1. The fraction of sp³-hybridized carbons (Fsp3) is 0.227. The molecule has 6 nitrogen and oxygen atoms in total. The van der Waals surface area contributed by atoms with Crippen LogP contribution in [0.1, 0.15) is 30.0 Å². The predicted molar refractivity (Wildman–Crippen MR) is 107 cm³/mol. The molecule has 6 heteroatoms. The number of carbonyl (C=O) groups is 1. The minimum atomic E-state index is -0.396. The van der Waals surface area contributed by atoms with E-state index in [1.54, 1.807) is 30.3 Å². The van der Waals surface area contributed by atoms with Crippen molar-refractivity contribution >= 4 is 27.9 Å². The first-order chi connectivity index (χ1) is 13.5. The quantitative estimate of drug-likeness (QED) is 0.302. The van der Waals surface area contributed by atoms with Gasteiger partial charge in [0.2, 0.25) is 11.7 Å². The van der Waals surface area contributed by atoms with Gasteiger partial charge < -0.3 is 14.5 Å². The predicted octanol–water partition coefficient (Wildman–Crippen LogP) is 3.84. The van der Waals surface area contributed by atoms with Crippen LogP contribution in [-0.4, -0.2) is 15.5 Å². The third-order valence-corrected chi connectivity index (χ3v) is 4.60. The Hall–Kier alpha value is -3.41. The normalized spacial score (nSPS) is 11.4. The molecule has 2 heterocycles. The largest absolute Gasteiger partial charge is 0.618 e. The number of esters is 1. The van der Waals surface area contributed by atoms with E-state index in [1.807, 2.05) is 24.3 Å². The molecule has 0 saturated carbocycles. The minimum Gasteiger partial charge on any atom is -0.618 e. The Labute approximate surface area is 162 Å². The molecule has 0 atom stereocenters. The number of benzene rings is 2. The molecule has 0 aliphatic rings. The van der Waals surface area contributed by atoms with Gasteiger partial charge >= 0.3 is 5.97 Å². The number of hydrogen-bond acceptors (Lipinski definition) is 4. The Balaban J connectivity index is 1.77. The van der Waals surface area contributed by atoms with Crippen molar-refractivity contribution in [1.29, 1.82) is 0 Å². The van der Waals surface area contributed by atoms with Gasteiger partial charge in [-0.15, -0.1) is 0 Å². The van der Waals surface area contributed by atoms with Gasteiger partial charge in [-0.05, 0) is 24.1 Å². The van der Waals surface area contributed by atoms with E-state index in [1.165, 1.54) is 6.20 Å².